The third-order valence-corrected chi connectivity index (χ3v) is 2.34. The van der Waals surface area contributed by atoms with Crippen molar-refractivity contribution in [3.63, 3.8) is 0 Å². The molecule has 0 aliphatic carbocycles. The van der Waals surface area contributed by atoms with Crippen LogP contribution in [-0.2, 0) is 0 Å². The van der Waals surface area contributed by atoms with E-state index in [0.29, 0.717) is 17.6 Å². The van der Waals surface area contributed by atoms with Crippen LogP contribution in [0.1, 0.15) is 0 Å². The van der Waals surface area contributed by atoms with E-state index in [4.69, 9.17) is 0 Å². The molecule has 1 aromatic rings. The summed E-state index contributed by atoms with van der Waals surface area (Å²) in [7, 11) is 3.30. The van der Waals surface area contributed by atoms with Crippen molar-refractivity contribution in [2.75, 3.05) is 32.5 Å². The lowest BCUT2D eigenvalue weighted by Gasteiger charge is -2.12. The van der Waals surface area contributed by atoms with Crippen LogP contribution in [0.25, 0.3) is 0 Å². The summed E-state index contributed by atoms with van der Waals surface area (Å²) in [6, 6.07) is 1.14. The number of pyridine rings is 1. The van der Waals surface area contributed by atoms with Crippen molar-refractivity contribution in [2.45, 2.75) is 0 Å². The molecule has 0 bridgehead atoms. The van der Waals surface area contributed by atoms with Gasteiger partial charge in [-0.05, 0) is 22.0 Å². The number of rotatable bonds is 4. The van der Waals surface area contributed by atoms with E-state index in [0.717, 1.165) is 0 Å². The van der Waals surface area contributed by atoms with E-state index in [9.17, 15) is 9.18 Å². The van der Waals surface area contributed by atoms with Crippen LogP contribution in [0.5, 0.6) is 0 Å². The maximum Gasteiger partial charge on any atom is 0.316 e. The molecule has 5 nitrogen and oxygen atoms in total. The predicted octanol–water partition coefficient (Wildman–Crippen LogP) is 1.67. The Morgan fingerprint density at radius 2 is 2.24 bits per heavy atom. The molecule has 94 valence electrons. The Morgan fingerprint density at radius 1 is 1.53 bits per heavy atom. The van der Waals surface area contributed by atoms with E-state index in [2.05, 4.69) is 31.5 Å². The van der Waals surface area contributed by atoms with Crippen molar-refractivity contribution in [1.82, 2.24) is 15.2 Å². The Balaban J connectivity index is 2.34. The lowest BCUT2D eigenvalue weighted by molar-refractivity contribution is 0.218. The molecule has 0 radical (unpaired) electrons. The van der Waals surface area contributed by atoms with Gasteiger partial charge in [0, 0.05) is 37.9 Å². The van der Waals surface area contributed by atoms with Gasteiger partial charge in [-0.25, -0.2) is 14.2 Å². The third-order valence-electron chi connectivity index (χ3n) is 1.91. The maximum absolute atomic E-state index is 13.3. The van der Waals surface area contributed by atoms with Gasteiger partial charge < -0.3 is 15.5 Å². The van der Waals surface area contributed by atoms with Crippen LogP contribution in [-0.4, -0.2) is 43.1 Å². The molecule has 1 aromatic heterocycles. The van der Waals surface area contributed by atoms with Crippen molar-refractivity contribution in [2.24, 2.45) is 0 Å². The number of hydrogen-bond donors (Lipinski definition) is 2. The van der Waals surface area contributed by atoms with E-state index in [1.165, 1.54) is 17.2 Å². The van der Waals surface area contributed by atoms with Crippen LogP contribution in [0.2, 0.25) is 0 Å². The van der Waals surface area contributed by atoms with Crippen molar-refractivity contribution in [3.05, 3.63) is 22.6 Å². The molecule has 0 saturated heterocycles. The number of amides is 2. The van der Waals surface area contributed by atoms with Gasteiger partial charge in [-0.3, -0.25) is 0 Å². The van der Waals surface area contributed by atoms with E-state index in [-0.39, 0.29) is 11.8 Å². The summed E-state index contributed by atoms with van der Waals surface area (Å²) in [5, 5.41) is 5.44. The molecule has 0 aliphatic heterocycles. The van der Waals surface area contributed by atoms with E-state index in [1.807, 2.05) is 0 Å². The highest BCUT2D eigenvalue weighted by molar-refractivity contribution is 9.10. The minimum absolute atomic E-state index is 0.173. The fourth-order valence-corrected chi connectivity index (χ4v) is 1.36. The Morgan fingerprint density at radius 3 is 2.82 bits per heavy atom. The molecule has 7 heteroatoms. The topological polar surface area (TPSA) is 57.3 Å². The third kappa shape index (κ3) is 4.56. The maximum atomic E-state index is 13.3. The molecule has 1 heterocycles. The highest BCUT2D eigenvalue weighted by Crippen LogP contribution is 2.15. The summed E-state index contributed by atoms with van der Waals surface area (Å²) in [6.45, 7) is 0.805. The van der Waals surface area contributed by atoms with Crippen molar-refractivity contribution in [3.8, 4) is 0 Å². The normalized spacial score (nSPS) is 9.88. The summed E-state index contributed by atoms with van der Waals surface area (Å²) >= 11 is 3.12. The first-order valence-corrected chi connectivity index (χ1v) is 5.80. The molecule has 17 heavy (non-hydrogen) atoms. The Bertz CT molecular complexity index is 400. The fraction of sp³-hybridized carbons (Fsp3) is 0.400. The second-order valence-corrected chi connectivity index (χ2v) is 4.45. The molecule has 0 saturated carbocycles. The minimum Gasteiger partial charge on any atom is -0.366 e. The largest absolute Gasteiger partial charge is 0.366 e. The standard InChI is InChI=1S/C10H14BrFN4O/c1-16(2)10(17)14-4-3-13-9-8(12)5-7(11)6-15-9/h5-6H,3-4H2,1-2H3,(H,13,15)(H,14,17). The van der Waals surface area contributed by atoms with Gasteiger partial charge in [0.15, 0.2) is 11.6 Å². The number of aromatic nitrogens is 1. The lowest BCUT2D eigenvalue weighted by Crippen LogP contribution is -2.37. The molecule has 0 spiro atoms. The number of carbonyl (C=O) groups is 1. The van der Waals surface area contributed by atoms with Crippen molar-refractivity contribution in [1.29, 1.82) is 0 Å². The number of urea groups is 1. The Labute approximate surface area is 108 Å². The number of nitrogens with zero attached hydrogens (tertiary/aromatic N) is 2. The van der Waals surface area contributed by atoms with Gasteiger partial charge >= 0.3 is 6.03 Å². The van der Waals surface area contributed by atoms with Gasteiger partial charge in [0.2, 0.25) is 0 Å². The lowest BCUT2D eigenvalue weighted by atomic mass is 10.4. The first-order chi connectivity index (χ1) is 8.00. The van der Waals surface area contributed by atoms with E-state index in [1.54, 1.807) is 14.1 Å². The van der Waals surface area contributed by atoms with Gasteiger partial charge in [-0.2, -0.15) is 0 Å². The Kier molecular flexibility index (Phi) is 5.14. The molecule has 0 aromatic carbocycles. The average Bonchev–Trinajstić information content (AvgIpc) is 2.26. The number of nitrogens with one attached hydrogen (secondary N) is 2. The average molecular weight is 305 g/mol. The second-order valence-electron chi connectivity index (χ2n) is 3.54. The molecular weight excluding hydrogens is 291 g/mol. The van der Waals surface area contributed by atoms with Gasteiger partial charge in [0.1, 0.15) is 0 Å². The highest BCUT2D eigenvalue weighted by Gasteiger charge is 2.04. The van der Waals surface area contributed by atoms with Crippen LogP contribution in [0.4, 0.5) is 15.0 Å². The predicted molar refractivity (Wildman–Crippen MR) is 67.5 cm³/mol. The summed E-state index contributed by atoms with van der Waals surface area (Å²) in [4.78, 5) is 16.5. The molecular formula is C10H14BrFN4O. The zero-order valence-electron chi connectivity index (χ0n) is 9.63. The van der Waals surface area contributed by atoms with Crippen LogP contribution >= 0.6 is 15.9 Å². The zero-order valence-corrected chi connectivity index (χ0v) is 11.2. The van der Waals surface area contributed by atoms with Gasteiger partial charge in [-0.15, -0.1) is 0 Å². The van der Waals surface area contributed by atoms with Gasteiger partial charge in [0.05, 0.1) is 0 Å². The number of hydrogen-bond acceptors (Lipinski definition) is 3. The van der Waals surface area contributed by atoms with Gasteiger partial charge in [-0.1, -0.05) is 0 Å². The van der Waals surface area contributed by atoms with E-state index < -0.39 is 5.82 Å². The van der Waals surface area contributed by atoms with Crippen LogP contribution in [0.3, 0.4) is 0 Å². The fourth-order valence-electron chi connectivity index (χ4n) is 1.05. The van der Waals surface area contributed by atoms with Gasteiger partial charge in [0.25, 0.3) is 0 Å². The molecule has 0 atom stereocenters. The molecule has 2 amide bonds. The molecule has 0 aliphatic rings. The molecule has 0 unspecified atom stereocenters. The van der Waals surface area contributed by atoms with Crippen LogP contribution in [0, 0.1) is 5.82 Å². The summed E-state index contributed by atoms with van der Waals surface area (Å²) in [5.41, 5.74) is 0. The number of halogens is 2. The molecule has 1 rings (SSSR count). The van der Waals surface area contributed by atoms with Crippen molar-refractivity contribution < 1.29 is 9.18 Å². The Hall–Kier alpha value is -1.37. The quantitative estimate of drug-likeness (QED) is 0.832. The minimum atomic E-state index is -0.432. The van der Waals surface area contributed by atoms with E-state index >= 15 is 0 Å². The number of anilines is 1. The zero-order chi connectivity index (χ0) is 12.8. The van der Waals surface area contributed by atoms with Crippen LogP contribution < -0.4 is 10.6 Å². The van der Waals surface area contributed by atoms with Crippen molar-refractivity contribution >= 4 is 27.8 Å². The number of carbonyl (C=O) groups excluding carboxylic acids is 1. The monoisotopic (exact) mass is 304 g/mol. The summed E-state index contributed by atoms with van der Waals surface area (Å²) < 4.78 is 13.9. The van der Waals surface area contributed by atoms with Crippen LogP contribution in [0.15, 0.2) is 16.7 Å². The first-order valence-electron chi connectivity index (χ1n) is 5.01. The highest BCUT2D eigenvalue weighted by atomic mass is 79.9. The molecule has 0 fully saturated rings. The second kappa shape index (κ2) is 6.39. The summed E-state index contributed by atoms with van der Waals surface area (Å²) in [5.74, 6) is -0.259. The smallest absolute Gasteiger partial charge is 0.316 e. The molecule has 2 N–H and O–H groups in total. The SMILES string of the molecule is CN(C)C(=O)NCCNc1ncc(Br)cc1F. The summed E-state index contributed by atoms with van der Waals surface area (Å²) in [6.07, 6.45) is 1.50. The first kappa shape index (κ1) is 13.7.